The molecule has 0 spiro atoms. The SMILES string of the molecule is CC(=O)O[C@H]1C[C@]2(C)C(C=O)=CCC[C@H]2[C@](C)(CCC2=CCOC2=O)[C@H]1C. The van der Waals surface area contributed by atoms with Crippen molar-refractivity contribution in [1.29, 1.82) is 0 Å². The van der Waals surface area contributed by atoms with Crippen LogP contribution in [0.1, 0.15) is 59.8 Å². The van der Waals surface area contributed by atoms with Crippen LogP contribution in [0.25, 0.3) is 0 Å². The first-order valence-corrected chi connectivity index (χ1v) is 9.91. The normalized spacial score (nSPS) is 38.4. The summed E-state index contributed by atoms with van der Waals surface area (Å²) in [7, 11) is 0. The summed E-state index contributed by atoms with van der Waals surface area (Å²) in [6, 6.07) is 0. The van der Waals surface area contributed by atoms with Gasteiger partial charge in [-0.1, -0.05) is 26.8 Å². The number of cyclic esters (lactones) is 1. The van der Waals surface area contributed by atoms with E-state index in [2.05, 4.69) is 20.8 Å². The van der Waals surface area contributed by atoms with Crippen molar-refractivity contribution in [2.75, 3.05) is 6.61 Å². The molecule has 0 bridgehead atoms. The summed E-state index contributed by atoms with van der Waals surface area (Å²) in [5, 5.41) is 0. The monoisotopic (exact) mass is 374 g/mol. The standard InChI is InChI=1S/C22H30O5/c1-14-18(27-15(2)24)12-22(4)17(13-23)6-5-7-19(22)21(14,3)10-8-16-9-11-26-20(16)25/h6,9,13-14,18-19H,5,7-8,10-12H2,1-4H3/t14-,18-,19-,21+,22+/m0/s1. The molecule has 5 atom stereocenters. The largest absolute Gasteiger partial charge is 0.462 e. The fourth-order valence-corrected chi connectivity index (χ4v) is 5.76. The van der Waals surface area contributed by atoms with Gasteiger partial charge in [0.2, 0.25) is 0 Å². The van der Waals surface area contributed by atoms with E-state index in [4.69, 9.17) is 9.47 Å². The molecule has 2 aliphatic carbocycles. The van der Waals surface area contributed by atoms with Gasteiger partial charge in [0, 0.05) is 17.9 Å². The predicted octanol–water partition coefficient (Wildman–Crippen LogP) is 3.77. The highest BCUT2D eigenvalue weighted by atomic mass is 16.5. The van der Waals surface area contributed by atoms with E-state index < -0.39 is 0 Å². The van der Waals surface area contributed by atoms with Gasteiger partial charge in [-0.2, -0.15) is 0 Å². The van der Waals surface area contributed by atoms with Crippen LogP contribution in [0.3, 0.4) is 0 Å². The Balaban J connectivity index is 1.95. The number of aldehydes is 1. The first-order chi connectivity index (χ1) is 12.7. The second kappa shape index (κ2) is 7.25. The second-order valence-electron chi connectivity index (χ2n) is 8.80. The van der Waals surface area contributed by atoms with E-state index in [1.54, 1.807) is 0 Å². The number of carbonyl (C=O) groups is 3. The van der Waals surface area contributed by atoms with Crippen LogP contribution in [0.5, 0.6) is 0 Å². The molecular formula is C22H30O5. The maximum Gasteiger partial charge on any atom is 0.334 e. The number of hydrogen-bond donors (Lipinski definition) is 0. The molecule has 0 N–H and O–H groups in total. The third-order valence-corrected chi connectivity index (χ3v) is 7.45. The van der Waals surface area contributed by atoms with Gasteiger partial charge in [-0.15, -0.1) is 0 Å². The van der Waals surface area contributed by atoms with Crippen LogP contribution in [0.15, 0.2) is 23.3 Å². The van der Waals surface area contributed by atoms with Crippen molar-refractivity contribution in [2.24, 2.45) is 22.7 Å². The van der Waals surface area contributed by atoms with Crippen molar-refractivity contribution in [3.8, 4) is 0 Å². The Kier molecular flexibility index (Phi) is 5.33. The minimum atomic E-state index is -0.314. The van der Waals surface area contributed by atoms with Gasteiger partial charge >= 0.3 is 11.9 Å². The van der Waals surface area contributed by atoms with Crippen LogP contribution in [0.4, 0.5) is 0 Å². The van der Waals surface area contributed by atoms with Crippen LogP contribution in [0, 0.1) is 22.7 Å². The Bertz CT molecular complexity index is 705. The summed E-state index contributed by atoms with van der Waals surface area (Å²) >= 11 is 0. The van der Waals surface area contributed by atoms with Gasteiger partial charge in [0.05, 0.1) is 0 Å². The second-order valence-corrected chi connectivity index (χ2v) is 8.80. The lowest BCUT2D eigenvalue weighted by atomic mass is 9.46. The molecule has 27 heavy (non-hydrogen) atoms. The van der Waals surface area contributed by atoms with Gasteiger partial charge < -0.3 is 9.47 Å². The summed E-state index contributed by atoms with van der Waals surface area (Å²) in [5.74, 6) is -0.0669. The van der Waals surface area contributed by atoms with Crippen molar-refractivity contribution < 1.29 is 23.9 Å². The number of allylic oxidation sites excluding steroid dienone is 2. The lowest BCUT2D eigenvalue weighted by Gasteiger charge is -2.59. The molecule has 0 aromatic heterocycles. The van der Waals surface area contributed by atoms with E-state index in [1.165, 1.54) is 6.92 Å². The van der Waals surface area contributed by atoms with Crippen LogP contribution in [-0.4, -0.2) is 30.9 Å². The minimum Gasteiger partial charge on any atom is -0.462 e. The van der Waals surface area contributed by atoms with E-state index in [1.807, 2.05) is 12.2 Å². The Morgan fingerprint density at radius 1 is 1.37 bits per heavy atom. The molecule has 3 rings (SSSR count). The average Bonchev–Trinajstić information content (AvgIpc) is 3.02. The number of fused-ring (bicyclic) bond motifs is 1. The molecule has 1 aliphatic heterocycles. The summed E-state index contributed by atoms with van der Waals surface area (Å²) < 4.78 is 10.8. The van der Waals surface area contributed by atoms with Crippen LogP contribution >= 0.6 is 0 Å². The van der Waals surface area contributed by atoms with Crippen molar-refractivity contribution in [2.45, 2.75) is 65.9 Å². The first kappa shape index (κ1) is 19.8. The van der Waals surface area contributed by atoms with Crippen molar-refractivity contribution in [1.82, 2.24) is 0 Å². The molecule has 0 amide bonds. The molecule has 0 aromatic carbocycles. The number of hydrogen-bond acceptors (Lipinski definition) is 5. The van der Waals surface area contributed by atoms with Gasteiger partial charge in [0.15, 0.2) is 0 Å². The van der Waals surface area contributed by atoms with Crippen LogP contribution in [0.2, 0.25) is 0 Å². The maximum absolute atomic E-state index is 11.9. The Hall–Kier alpha value is -1.91. The highest BCUT2D eigenvalue weighted by Gasteiger charge is 2.58. The molecule has 0 unspecified atom stereocenters. The molecule has 148 valence electrons. The fourth-order valence-electron chi connectivity index (χ4n) is 5.76. The zero-order chi connectivity index (χ0) is 19.8. The highest BCUT2D eigenvalue weighted by molar-refractivity contribution is 5.90. The molecule has 1 saturated carbocycles. The first-order valence-electron chi connectivity index (χ1n) is 9.91. The molecule has 0 radical (unpaired) electrons. The smallest absolute Gasteiger partial charge is 0.334 e. The van der Waals surface area contributed by atoms with E-state index in [0.29, 0.717) is 25.4 Å². The van der Waals surface area contributed by atoms with E-state index in [9.17, 15) is 14.4 Å². The molecule has 0 saturated heterocycles. The molecule has 3 aliphatic rings. The molecule has 1 fully saturated rings. The summed E-state index contributed by atoms with van der Waals surface area (Å²) in [6.07, 6.45) is 8.66. The van der Waals surface area contributed by atoms with Crippen molar-refractivity contribution in [3.63, 3.8) is 0 Å². The zero-order valence-corrected chi connectivity index (χ0v) is 16.7. The third kappa shape index (κ3) is 3.37. The van der Waals surface area contributed by atoms with Gasteiger partial charge in [-0.25, -0.2) is 4.79 Å². The minimum absolute atomic E-state index is 0.142. The Morgan fingerprint density at radius 2 is 2.11 bits per heavy atom. The summed E-state index contributed by atoms with van der Waals surface area (Å²) in [4.78, 5) is 35.4. The molecular weight excluding hydrogens is 344 g/mol. The molecule has 1 heterocycles. The molecule has 0 aromatic rings. The predicted molar refractivity (Wildman–Crippen MR) is 101 cm³/mol. The van der Waals surface area contributed by atoms with Crippen molar-refractivity contribution >= 4 is 18.2 Å². The Labute approximate surface area is 161 Å². The number of esters is 2. The number of ether oxygens (including phenoxy) is 2. The maximum atomic E-state index is 11.9. The zero-order valence-electron chi connectivity index (χ0n) is 16.7. The fraction of sp³-hybridized carbons (Fsp3) is 0.682. The average molecular weight is 374 g/mol. The molecule has 5 nitrogen and oxygen atoms in total. The van der Waals surface area contributed by atoms with E-state index >= 15 is 0 Å². The van der Waals surface area contributed by atoms with Crippen LogP contribution in [-0.2, 0) is 23.9 Å². The lowest BCUT2D eigenvalue weighted by Crippen LogP contribution is -2.56. The highest BCUT2D eigenvalue weighted by Crippen LogP contribution is 2.62. The van der Waals surface area contributed by atoms with E-state index in [-0.39, 0.29) is 34.8 Å². The van der Waals surface area contributed by atoms with E-state index in [0.717, 1.165) is 36.7 Å². The number of rotatable bonds is 5. The number of carbonyl (C=O) groups excluding carboxylic acids is 3. The van der Waals surface area contributed by atoms with Gasteiger partial charge in [-0.05, 0) is 61.0 Å². The van der Waals surface area contributed by atoms with Gasteiger partial charge in [0.25, 0.3) is 0 Å². The topological polar surface area (TPSA) is 69.7 Å². The Morgan fingerprint density at radius 3 is 2.70 bits per heavy atom. The summed E-state index contributed by atoms with van der Waals surface area (Å²) in [6.45, 7) is 8.32. The summed E-state index contributed by atoms with van der Waals surface area (Å²) in [5.41, 5.74) is 1.10. The van der Waals surface area contributed by atoms with Gasteiger partial charge in [0.1, 0.15) is 19.0 Å². The lowest BCUT2D eigenvalue weighted by molar-refractivity contribution is -0.169. The third-order valence-electron chi connectivity index (χ3n) is 7.45. The molecule has 5 heteroatoms. The van der Waals surface area contributed by atoms with Crippen molar-refractivity contribution in [3.05, 3.63) is 23.3 Å². The quantitative estimate of drug-likeness (QED) is 0.541. The van der Waals surface area contributed by atoms with Gasteiger partial charge in [-0.3, -0.25) is 9.59 Å². The van der Waals surface area contributed by atoms with Crippen LogP contribution < -0.4 is 0 Å².